The van der Waals surface area contributed by atoms with Gasteiger partial charge in [0.1, 0.15) is 5.52 Å². The molecule has 5 nitrogen and oxygen atoms in total. The first-order chi connectivity index (χ1) is 8.67. The zero-order valence-corrected chi connectivity index (χ0v) is 11.2. The van der Waals surface area contributed by atoms with Gasteiger partial charge in [-0.2, -0.15) is 4.98 Å². The Balaban J connectivity index is 1.97. The van der Waals surface area contributed by atoms with Crippen molar-refractivity contribution in [3.8, 4) is 0 Å². The van der Waals surface area contributed by atoms with Crippen LogP contribution in [0, 0.1) is 5.92 Å². The van der Waals surface area contributed by atoms with Crippen LogP contribution >= 0.6 is 15.9 Å². The number of fused-ring (bicyclic) bond motifs is 1. The number of halogens is 1. The van der Waals surface area contributed by atoms with E-state index in [4.69, 9.17) is 10.2 Å². The summed E-state index contributed by atoms with van der Waals surface area (Å²) in [6, 6.07) is 5.94. The third-order valence-corrected chi connectivity index (χ3v) is 3.60. The molecule has 1 atom stereocenters. The van der Waals surface area contributed by atoms with Crippen LogP contribution < -0.4 is 10.6 Å². The van der Waals surface area contributed by atoms with Crippen LogP contribution in [0.3, 0.4) is 0 Å². The molecule has 6 heteroatoms. The van der Waals surface area contributed by atoms with E-state index in [1.165, 1.54) is 0 Å². The van der Waals surface area contributed by atoms with Gasteiger partial charge >= 0.3 is 6.01 Å². The molecule has 0 radical (unpaired) electrons. The van der Waals surface area contributed by atoms with E-state index in [1.807, 2.05) is 18.2 Å². The van der Waals surface area contributed by atoms with E-state index in [9.17, 15) is 4.79 Å². The summed E-state index contributed by atoms with van der Waals surface area (Å²) in [4.78, 5) is 17.8. The molecule has 2 aromatic rings. The number of oxazole rings is 1. The highest BCUT2D eigenvalue weighted by molar-refractivity contribution is 9.10. The summed E-state index contributed by atoms with van der Waals surface area (Å²) < 4.78 is 6.54. The number of aromatic nitrogens is 1. The van der Waals surface area contributed by atoms with Gasteiger partial charge in [0.25, 0.3) is 0 Å². The van der Waals surface area contributed by atoms with Gasteiger partial charge in [-0.1, -0.05) is 15.9 Å². The van der Waals surface area contributed by atoms with Gasteiger partial charge in [0, 0.05) is 17.4 Å². The van der Waals surface area contributed by atoms with E-state index in [0.717, 1.165) is 9.99 Å². The van der Waals surface area contributed by atoms with Crippen molar-refractivity contribution in [2.24, 2.45) is 11.7 Å². The minimum Gasteiger partial charge on any atom is -0.423 e. The first kappa shape index (κ1) is 11.7. The van der Waals surface area contributed by atoms with Crippen LogP contribution in [0.2, 0.25) is 0 Å². The van der Waals surface area contributed by atoms with Crippen LogP contribution in [0.15, 0.2) is 27.1 Å². The molecular weight excluding hydrogens is 298 g/mol. The number of amides is 1. The zero-order chi connectivity index (χ0) is 12.7. The van der Waals surface area contributed by atoms with Gasteiger partial charge in [0.15, 0.2) is 5.58 Å². The topological polar surface area (TPSA) is 72.4 Å². The molecule has 0 saturated carbocycles. The molecule has 1 aliphatic heterocycles. The quantitative estimate of drug-likeness (QED) is 0.919. The maximum atomic E-state index is 11.8. The van der Waals surface area contributed by atoms with Crippen LogP contribution in [0.5, 0.6) is 0 Å². The van der Waals surface area contributed by atoms with Crippen molar-refractivity contribution in [3.05, 3.63) is 22.7 Å². The largest absolute Gasteiger partial charge is 0.423 e. The minimum atomic E-state index is 0.0241. The molecule has 0 aliphatic carbocycles. The molecular formula is C12H12BrN3O2. The van der Waals surface area contributed by atoms with Crippen LogP contribution in [-0.2, 0) is 4.79 Å². The van der Waals surface area contributed by atoms with Gasteiger partial charge in [0.2, 0.25) is 5.91 Å². The maximum absolute atomic E-state index is 11.8. The van der Waals surface area contributed by atoms with Crippen LogP contribution in [-0.4, -0.2) is 24.0 Å². The zero-order valence-electron chi connectivity index (χ0n) is 9.60. The van der Waals surface area contributed by atoms with Crippen LogP contribution in [0.4, 0.5) is 6.01 Å². The number of rotatable bonds is 2. The second-order valence-corrected chi connectivity index (χ2v) is 5.33. The Morgan fingerprint density at radius 2 is 2.39 bits per heavy atom. The van der Waals surface area contributed by atoms with Crippen molar-refractivity contribution in [3.63, 3.8) is 0 Å². The number of hydrogen-bond donors (Lipinski definition) is 1. The fourth-order valence-electron chi connectivity index (χ4n) is 2.13. The van der Waals surface area contributed by atoms with Gasteiger partial charge in [-0.25, -0.2) is 0 Å². The molecule has 2 heterocycles. The predicted octanol–water partition coefficient (Wildman–Crippen LogP) is 1.90. The Morgan fingerprint density at radius 3 is 3.11 bits per heavy atom. The highest BCUT2D eigenvalue weighted by atomic mass is 79.9. The summed E-state index contributed by atoms with van der Waals surface area (Å²) in [5.41, 5.74) is 7.01. The number of nitrogens with two attached hydrogens (primary N) is 1. The Bertz CT molecular complexity index is 610. The second-order valence-electron chi connectivity index (χ2n) is 4.42. The molecule has 1 amide bonds. The van der Waals surface area contributed by atoms with Gasteiger partial charge in [-0.05, 0) is 30.7 Å². The Labute approximate surface area is 112 Å². The Hall–Kier alpha value is -1.40. The predicted molar refractivity (Wildman–Crippen MR) is 71.2 cm³/mol. The maximum Gasteiger partial charge on any atom is 0.305 e. The number of hydrogen-bond acceptors (Lipinski definition) is 4. The highest BCUT2D eigenvalue weighted by Crippen LogP contribution is 2.28. The summed E-state index contributed by atoms with van der Waals surface area (Å²) >= 11 is 3.38. The number of anilines is 1. The summed E-state index contributed by atoms with van der Waals surface area (Å²) in [6.07, 6.45) is 0.471. The lowest BCUT2D eigenvalue weighted by Crippen LogP contribution is -2.25. The average Bonchev–Trinajstić information content (AvgIpc) is 2.91. The number of nitrogens with zero attached hydrogens (tertiary/aromatic N) is 2. The lowest BCUT2D eigenvalue weighted by molar-refractivity contribution is -0.117. The van der Waals surface area contributed by atoms with Crippen molar-refractivity contribution >= 4 is 39.0 Å². The molecule has 0 spiro atoms. The standard InChI is InChI=1S/C12H12BrN3O2/c13-8-1-2-10-9(4-8)15-12(18-10)16-6-7(5-14)3-11(16)17/h1-2,4,7H,3,5-6,14H2. The van der Waals surface area contributed by atoms with Crippen LogP contribution in [0.1, 0.15) is 6.42 Å². The van der Waals surface area contributed by atoms with Gasteiger partial charge < -0.3 is 10.2 Å². The molecule has 1 fully saturated rings. The first-order valence-electron chi connectivity index (χ1n) is 5.74. The van der Waals surface area contributed by atoms with E-state index < -0.39 is 0 Å². The third-order valence-electron chi connectivity index (χ3n) is 3.11. The normalized spacial score (nSPS) is 20.0. The van der Waals surface area contributed by atoms with E-state index in [-0.39, 0.29) is 11.8 Å². The van der Waals surface area contributed by atoms with Crippen molar-refractivity contribution in [1.82, 2.24) is 4.98 Å². The highest BCUT2D eigenvalue weighted by Gasteiger charge is 2.32. The van der Waals surface area contributed by atoms with E-state index in [2.05, 4.69) is 20.9 Å². The van der Waals surface area contributed by atoms with E-state index in [0.29, 0.717) is 31.1 Å². The van der Waals surface area contributed by atoms with E-state index in [1.54, 1.807) is 4.90 Å². The van der Waals surface area contributed by atoms with Crippen molar-refractivity contribution < 1.29 is 9.21 Å². The van der Waals surface area contributed by atoms with Crippen molar-refractivity contribution in [1.29, 1.82) is 0 Å². The molecule has 1 unspecified atom stereocenters. The first-order valence-corrected chi connectivity index (χ1v) is 6.53. The molecule has 1 aromatic heterocycles. The molecule has 1 aromatic carbocycles. The summed E-state index contributed by atoms with van der Waals surface area (Å²) in [6.45, 7) is 1.09. The van der Waals surface area contributed by atoms with Gasteiger partial charge in [0.05, 0.1) is 0 Å². The Kier molecular flexibility index (Phi) is 2.83. The SMILES string of the molecule is NCC1CC(=O)N(c2nc3cc(Br)ccc3o2)C1. The van der Waals surface area contributed by atoms with Crippen molar-refractivity contribution in [2.45, 2.75) is 6.42 Å². The summed E-state index contributed by atoms with van der Waals surface area (Å²) in [7, 11) is 0. The minimum absolute atomic E-state index is 0.0241. The molecule has 94 valence electrons. The molecule has 2 N–H and O–H groups in total. The fraction of sp³-hybridized carbons (Fsp3) is 0.333. The van der Waals surface area contributed by atoms with Gasteiger partial charge in [-0.15, -0.1) is 0 Å². The molecule has 18 heavy (non-hydrogen) atoms. The lowest BCUT2D eigenvalue weighted by Gasteiger charge is -2.10. The number of carbonyl (C=O) groups is 1. The Morgan fingerprint density at radius 1 is 1.56 bits per heavy atom. The molecule has 0 bridgehead atoms. The molecule has 1 saturated heterocycles. The lowest BCUT2D eigenvalue weighted by atomic mass is 10.1. The monoisotopic (exact) mass is 309 g/mol. The fourth-order valence-corrected chi connectivity index (χ4v) is 2.48. The summed E-state index contributed by atoms with van der Waals surface area (Å²) in [5, 5.41) is 0. The summed E-state index contributed by atoms with van der Waals surface area (Å²) in [5.74, 6) is 0.218. The van der Waals surface area contributed by atoms with Crippen molar-refractivity contribution in [2.75, 3.05) is 18.0 Å². The average molecular weight is 310 g/mol. The van der Waals surface area contributed by atoms with Gasteiger partial charge in [-0.3, -0.25) is 9.69 Å². The molecule has 1 aliphatic rings. The molecule has 3 rings (SSSR count). The van der Waals surface area contributed by atoms with E-state index >= 15 is 0 Å². The number of carbonyl (C=O) groups excluding carboxylic acids is 1. The van der Waals surface area contributed by atoms with Crippen LogP contribution in [0.25, 0.3) is 11.1 Å². The smallest absolute Gasteiger partial charge is 0.305 e. The second kappa shape index (κ2) is 4.37. The third kappa shape index (κ3) is 1.91. The number of benzene rings is 1.